The number of aliphatic hydroxyl groups excluding tert-OH is 1. The van der Waals surface area contributed by atoms with E-state index in [4.69, 9.17) is 0 Å². The van der Waals surface area contributed by atoms with Crippen molar-refractivity contribution < 1.29 is 5.11 Å². The summed E-state index contributed by atoms with van der Waals surface area (Å²) in [6, 6.07) is 0. The molecule has 1 nitrogen and oxygen atoms in total. The SMILES string of the molecule is OC(C1=CCCCC1)C1CCCCS1. The summed E-state index contributed by atoms with van der Waals surface area (Å²) in [7, 11) is 0. The molecule has 14 heavy (non-hydrogen) atoms. The van der Waals surface area contributed by atoms with Crippen LogP contribution in [0.2, 0.25) is 0 Å². The van der Waals surface area contributed by atoms with Crippen molar-refractivity contribution >= 4 is 11.8 Å². The van der Waals surface area contributed by atoms with Crippen LogP contribution in [0.4, 0.5) is 0 Å². The molecular weight excluding hydrogens is 192 g/mol. The van der Waals surface area contributed by atoms with E-state index in [1.807, 2.05) is 11.8 Å². The molecule has 2 atom stereocenters. The third kappa shape index (κ3) is 2.54. The molecule has 0 bridgehead atoms. The summed E-state index contributed by atoms with van der Waals surface area (Å²) in [5.41, 5.74) is 1.33. The van der Waals surface area contributed by atoms with Gasteiger partial charge in [0, 0.05) is 5.25 Å². The summed E-state index contributed by atoms with van der Waals surface area (Å²) in [4.78, 5) is 0. The second-order valence-electron chi connectivity index (χ2n) is 4.37. The average Bonchev–Trinajstić information content (AvgIpc) is 2.30. The molecule has 2 unspecified atom stereocenters. The molecule has 1 aliphatic heterocycles. The third-order valence-electron chi connectivity index (χ3n) is 3.27. The van der Waals surface area contributed by atoms with Crippen molar-refractivity contribution in [2.75, 3.05) is 5.75 Å². The Morgan fingerprint density at radius 3 is 2.86 bits per heavy atom. The highest BCUT2D eigenvalue weighted by atomic mass is 32.2. The quantitative estimate of drug-likeness (QED) is 0.710. The molecule has 0 aromatic heterocycles. The van der Waals surface area contributed by atoms with E-state index in [9.17, 15) is 5.11 Å². The van der Waals surface area contributed by atoms with Gasteiger partial charge in [-0.2, -0.15) is 11.8 Å². The number of rotatable bonds is 2. The van der Waals surface area contributed by atoms with Crippen LogP contribution < -0.4 is 0 Å². The zero-order valence-corrected chi connectivity index (χ0v) is 9.56. The Balaban J connectivity index is 1.91. The van der Waals surface area contributed by atoms with Crippen LogP contribution >= 0.6 is 11.8 Å². The molecule has 0 spiro atoms. The van der Waals surface area contributed by atoms with Gasteiger partial charge < -0.3 is 5.11 Å². The van der Waals surface area contributed by atoms with Gasteiger partial charge in [-0.3, -0.25) is 0 Å². The smallest absolute Gasteiger partial charge is 0.0868 e. The van der Waals surface area contributed by atoms with Crippen molar-refractivity contribution in [3.05, 3.63) is 11.6 Å². The van der Waals surface area contributed by atoms with Gasteiger partial charge in [0.1, 0.15) is 0 Å². The van der Waals surface area contributed by atoms with Crippen LogP contribution in [0.15, 0.2) is 11.6 Å². The summed E-state index contributed by atoms with van der Waals surface area (Å²) in [5.74, 6) is 1.25. The summed E-state index contributed by atoms with van der Waals surface area (Å²) in [5, 5.41) is 10.7. The maximum absolute atomic E-state index is 10.2. The Bertz CT molecular complexity index is 206. The van der Waals surface area contributed by atoms with Crippen molar-refractivity contribution in [3.8, 4) is 0 Å². The first-order chi connectivity index (χ1) is 6.88. The van der Waals surface area contributed by atoms with E-state index in [2.05, 4.69) is 6.08 Å². The van der Waals surface area contributed by atoms with Crippen molar-refractivity contribution in [2.24, 2.45) is 0 Å². The van der Waals surface area contributed by atoms with Crippen LogP contribution in [-0.4, -0.2) is 22.2 Å². The zero-order chi connectivity index (χ0) is 9.80. The lowest BCUT2D eigenvalue weighted by atomic mass is 9.92. The maximum atomic E-state index is 10.2. The molecule has 80 valence electrons. The van der Waals surface area contributed by atoms with E-state index in [1.54, 1.807) is 0 Å². The van der Waals surface area contributed by atoms with Crippen LogP contribution in [0.3, 0.4) is 0 Å². The van der Waals surface area contributed by atoms with E-state index in [-0.39, 0.29) is 6.10 Å². The minimum absolute atomic E-state index is 0.138. The molecule has 0 aromatic rings. The Hall–Kier alpha value is 0.0500. The van der Waals surface area contributed by atoms with Gasteiger partial charge in [-0.15, -0.1) is 0 Å². The largest absolute Gasteiger partial charge is 0.388 e. The standard InChI is InChI=1S/C12H20OS/c13-12(10-6-2-1-3-7-10)11-8-4-5-9-14-11/h6,11-13H,1-5,7-9H2. The molecule has 0 radical (unpaired) electrons. The third-order valence-corrected chi connectivity index (χ3v) is 4.72. The first-order valence-corrected chi connectivity index (χ1v) is 6.91. The molecule has 1 fully saturated rings. The van der Waals surface area contributed by atoms with E-state index in [0.29, 0.717) is 5.25 Å². The van der Waals surface area contributed by atoms with E-state index in [1.165, 1.54) is 49.9 Å². The Morgan fingerprint density at radius 2 is 2.21 bits per heavy atom. The minimum Gasteiger partial charge on any atom is -0.388 e. The van der Waals surface area contributed by atoms with Gasteiger partial charge in [0.15, 0.2) is 0 Å². The van der Waals surface area contributed by atoms with Gasteiger partial charge in [0.05, 0.1) is 6.10 Å². The molecule has 1 N–H and O–H groups in total. The number of thioether (sulfide) groups is 1. The molecule has 2 aliphatic rings. The highest BCUT2D eigenvalue weighted by Crippen LogP contribution is 2.32. The Morgan fingerprint density at radius 1 is 1.29 bits per heavy atom. The van der Waals surface area contributed by atoms with E-state index < -0.39 is 0 Å². The molecule has 1 saturated heterocycles. The first kappa shape index (κ1) is 10.6. The van der Waals surface area contributed by atoms with Crippen LogP contribution in [0, 0.1) is 0 Å². The molecule has 0 amide bonds. The monoisotopic (exact) mass is 212 g/mol. The van der Waals surface area contributed by atoms with Crippen LogP contribution in [0.5, 0.6) is 0 Å². The van der Waals surface area contributed by atoms with E-state index in [0.717, 1.165) is 6.42 Å². The summed E-state index contributed by atoms with van der Waals surface area (Å²) in [6.45, 7) is 0. The lowest BCUT2D eigenvalue weighted by Gasteiger charge is -2.29. The van der Waals surface area contributed by atoms with Gasteiger partial charge in [-0.05, 0) is 49.9 Å². The summed E-state index contributed by atoms with van der Waals surface area (Å²) >= 11 is 1.97. The fraction of sp³-hybridized carbons (Fsp3) is 0.833. The summed E-state index contributed by atoms with van der Waals surface area (Å²) < 4.78 is 0. The number of hydrogen-bond acceptors (Lipinski definition) is 2. The van der Waals surface area contributed by atoms with Crippen molar-refractivity contribution in [3.63, 3.8) is 0 Å². The van der Waals surface area contributed by atoms with Crippen molar-refractivity contribution in [1.29, 1.82) is 0 Å². The second kappa shape index (κ2) is 5.22. The topological polar surface area (TPSA) is 20.2 Å². The molecular formula is C12H20OS. The predicted molar refractivity (Wildman–Crippen MR) is 62.7 cm³/mol. The first-order valence-electron chi connectivity index (χ1n) is 5.86. The highest BCUT2D eigenvalue weighted by molar-refractivity contribution is 8.00. The number of aliphatic hydroxyl groups is 1. The molecule has 0 aromatic carbocycles. The number of hydrogen-bond donors (Lipinski definition) is 1. The maximum Gasteiger partial charge on any atom is 0.0868 e. The molecule has 0 saturated carbocycles. The zero-order valence-electron chi connectivity index (χ0n) is 8.74. The number of allylic oxidation sites excluding steroid dienone is 1. The van der Waals surface area contributed by atoms with Crippen molar-refractivity contribution in [2.45, 2.75) is 56.3 Å². The van der Waals surface area contributed by atoms with Gasteiger partial charge in [0.2, 0.25) is 0 Å². The minimum atomic E-state index is -0.138. The van der Waals surface area contributed by atoms with Gasteiger partial charge in [0.25, 0.3) is 0 Å². The van der Waals surface area contributed by atoms with Crippen LogP contribution in [-0.2, 0) is 0 Å². The second-order valence-corrected chi connectivity index (χ2v) is 5.72. The molecule has 2 rings (SSSR count). The van der Waals surface area contributed by atoms with Crippen LogP contribution in [0.25, 0.3) is 0 Å². The fourth-order valence-corrected chi connectivity index (χ4v) is 3.75. The molecule has 1 heterocycles. The van der Waals surface area contributed by atoms with Crippen molar-refractivity contribution in [1.82, 2.24) is 0 Å². The normalized spacial score (nSPS) is 30.9. The van der Waals surface area contributed by atoms with Gasteiger partial charge >= 0.3 is 0 Å². The summed E-state index contributed by atoms with van der Waals surface area (Å²) in [6.07, 6.45) is 10.9. The van der Waals surface area contributed by atoms with E-state index >= 15 is 0 Å². The average molecular weight is 212 g/mol. The fourth-order valence-electron chi connectivity index (χ4n) is 2.39. The highest BCUT2D eigenvalue weighted by Gasteiger charge is 2.25. The molecule has 1 aliphatic carbocycles. The molecule has 2 heteroatoms. The van der Waals surface area contributed by atoms with Gasteiger partial charge in [-0.25, -0.2) is 0 Å². The lowest BCUT2D eigenvalue weighted by Crippen LogP contribution is -2.28. The Kier molecular flexibility index (Phi) is 3.94. The predicted octanol–water partition coefficient (Wildman–Crippen LogP) is 3.13. The van der Waals surface area contributed by atoms with Crippen LogP contribution in [0.1, 0.15) is 44.9 Å². The Labute approximate surface area is 91.0 Å². The lowest BCUT2D eigenvalue weighted by molar-refractivity contribution is 0.194. The van der Waals surface area contributed by atoms with Gasteiger partial charge in [-0.1, -0.05) is 12.5 Å².